The highest BCUT2D eigenvalue weighted by Crippen LogP contribution is 2.02. The quantitative estimate of drug-likeness (QED) is 0.189. The summed E-state index contributed by atoms with van der Waals surface area (Å²) < 4.78 is 25.5. The first-order valence-corrected chi connectivity index (χ1v) is 7.46. The number of nitrogens with one attached hydrogen (secondary N) is 1. The molecule has 0 aliphatic rings. The maximum atomic E-state index is 11.5. The maximum Gasteiger partial charge on any atom is 0.211 e. The predicted octanol–water partition coefficient (Wildman–Crippen LogP) is 0.869. The largest absolute Gasteiger partial charge is 0.409 e. The van der Waals surface area contributed by atoms with E-state index in [0.29, 0.717) is 38.1 Å². The minimum atomic E-state index is -3.14. The average Bonchev–Trinajstić information content (AvgIpc) is 2.25. The molecular formula is C10H23N3O3S. The molecule has 102 valence electrons. The fraction of sp³-hybridized carbons (Fsp3) is 0.900. The second kappa shape index (κ2) is 8.30. The average molecular weight is 265 g/mol. The van der Waals surface area contributed by atoms with Gasteiger partial charge in [0, 0.05) is 13.0 Å². The molecule has 17 heavy (non-hydrogen) atoms. The van der Waals surface area contributed by atoms with E-state index in [0.717, 1.165) is 0 Å². The molecule has 4 N–H and O–H groups in total. The van der Waals surface area contributed by atoms with Crippen LogP contribution < -0.4 is 10.5 Å². The molecule has 0 bridgehead atoms. The first-order valence-electron chi connectivity index (χ1n) is 5.81. The molecule has 0 aliphatic carbocycles. The fourth-order valence-corrected chi connectivity index (χ4v) is 2.55. The number of unbranched alkanes of at least 4 members (excludes halogenated alkanes) is 1. The summed E-state index contributed by atoms with van der Waals surface area (Å²) in [5.74, 6) is 0.727. The Labute approximate surface area is 103 Å². The Hall–Kier alpha value is -0.820. The Morgan fingerprint density at radius 2 is 2.06 bits per heavy atom. The standard InChI is InChI=1S/C10H23N3O3S/c1-9(2)6-8-17(15,16)12-7-4-3-5-10(11)13-14/h9,12,14H,3-8H2,1-2H3,(H2,11,13). The van der Waals surface area contributed by atoms with Gasteiger partial charge in [-0.3, -0.25) is 0 Å². The summed E-state index contributed by atoms with van der Waals surface area (Å²) >= 11 is 0. The van der Waals surface area contributed by atoms with Crippen molar-refractivity contribution >= 4 is 15.9 Å². The number of rotatable bonds is 9. The lowest BCUT2D eigenvalue weighted by molar-refractivity contribution is 0.316. The minimum absolute atomic E-state index is 0.172. The van der Waals surface area contributed by atoms with E-state index in [2.05, 4.69) is 9.88 Å². The molecule has 0 aromatic heterocycles. The number of hydrogen-bond acceptors (Lipinski definition) is 4. The van der Waals surface area contributed by atoms with Gasteiger partial charge in [0.05, 0.1) is 5.75 Å². The summed E-state index contributed by atoms with van der Waals surface area (Å²) in [6.45, 7) is 4.39. The number of oxime groups is 1. The van der Waals surface area contributed by atoms with E-state index >= 15 is 0 Å². The molecule has 0 aromatic carbocycles. The van der Waals surface area contributed by atoms with Crippen molar-refractivity contribution in [2.24, 2.45) is 16.8 Å². The van der Waals surface area contributed by atoms with Crippen LogP contribution in [-0.2, 0) is 10.0 Å². The molecule has 0 rings (SSSR count). The van der Waals surface area contributed by atoms with Gasteiger partial charge in [-0.2, -0.15) is 0 Å². The van der Waals surface area contributed by atoms with Crippen molar-refractivity contribution in [1.29, 1.82) is 0 Å². The Morgan fingerprint density at radius 1 is 1.41 bits per heavy atom. The van der Waals surface area contributed by atoms with Gasteiger partial charge in [0.15, 0.2) is 0 Å². The van der Waals surface area contributed by atoms with Crippen LogP contribution in [0.1, 0.15) is 39.5 Å². The van der Waals surface area contributed by atoms with Crippen molar-refractivity contribution in [3.8, 4) is 0 Å². The first kappa shape index (κ1) is 16.2. The van der Waals surface area contributed by atoms with E-state index in [9.17, 15) is 8.42 Å². The molecule has 6 nitrogen and oxygen atoms in total. The SMILES string of the molecule is CC(C)CCS(=O)(=O)NCCCCC(N)=NO. The van der Waals surface area contributed by atoms with Crippen molar-refractivity contribution in [1.82, 2.24) is 4.72 Å². The number of amidine groups is 1. The van der Waals surface area contributed by atoms with E-state index < -0.39 is 10.0 Å². The summed E-state index contributed by atoms with van der Waals surface area (Å²) in [5.41, 5.74) is 5.28. The highest BCUT2D eigenvalue weighted by molar-refractivity contribution is 7.89. The molecule has 0 atom stereocenters. The van der Waals surface area contributed by atoms with E-state index in [-0.39, 0.29) is 11.6 Å². The third kappa shape index (κ3) is 10.1. The zero-order chi connectivity index (χ0) is 13.3. The molecule has 7 heteroatoms. The lowest BCUT2D eigenvalue weighted by Gasteiger charge is -2.07. The van der Waals surface area contributed by atoms with Crippen molar-refractivity contribution in [2.75, 3.05) is 12.3 Å². The Morgan fingerprint density at radius 3 is 2.59 bits per heavy atom. The third-order valence-electron chi connectivity index (χ3n) is 2.27. The van der Waals surface area contributed by atoms with Gasteiger partial charge in [-0.15, -0.1) is 0 Å². The fourth-order valence-electron chi connectivity index (χ4n) is 1.17. The van der Waals surface area contributed by atoms with Gasteiger partial charge in [-0.05, 0) is 25.2 Å². The van der Waals surface area contributed by atoms with E-state index in [1.54, 1.807) is 0 Å². The van der Waals surface area contributed by atoms with Gasteiger partial charge in [0.25, 0.3) is 0 Å². The van der Waals surface area contributed by atoms with Gasteiger partial charge >= 0.3 is 0 Å². The highest BCUT2D eigenvalue weighted by Gasteiger charge is 2.10. The second-order valence-corrected chi connectivity index (χ2v) is 6.37. The van der Waals surface area contributed by atoms with Crippen molar-refractivity contribution < 1.29 is 13.6 Å². The van der Waals surface area contributed by atoms with Crippen molar-refractivity contribution in [3.05, 3.63) is 0 Å². The van der Waals surface area contributed by atoms with Crippen LogP contribution in [0.5, 0.6) is 0 Å². The first-order chi connectivity index (χ1) is 7.87. The van der Waals surface area contributed by atoms with Crippen LogP contribution in [0.15, 0.2) is 5.16 Å². The van der Waals surface area contributed by atoms with Crippen LogP contribution in [0.25, 0.3) is 0 Å². The van der Waals surface area contributed by atoms with Gasteiger partial charge in [-0.25, -0.2) is 13.1 Å². The van der Waals surface area contributed by atoms with Crippen LogP contribution >= 0.6 is 0 Å². The van der Waals surface area contributed by atoms with Crippen LogP contribution in [-0.4, -0.2) is 31.8 Å². The molecule has 0 unspecified atom stereocenters. The zero-order valence-corrected chi connectivity index (χ0v) is 11.3. The number of nitrogens with two attached hydrogens (primary N) is 1. The molecular weight excluding hydrogens is 242 g/mol. The van der Waals surface area contributed by atoms with Gasteiger partial charge in [0.1, 0.15) is 5.84 Å². The molecule has 0 aromatic rings. The van der Waals surface area contributed by atoms with Gasteiger partial charge in [0.2, 0.25) is 10.0 Å². The zero-order valence-electron chi connectivity index (χ0n) is 10.5. The molecule has 0 spiro atoms. The lowest BCUT2D eigenvalue weighted by Crippen LogP contribution is -2.28. The van der Waals surface area contributed by atoms with Gasteiger partial charge in [-0.1, -0.05) is 19.0 Å². The predicted molar refractivity (Wildman–Crippen MR) is 68.5 cm³/mol. The number of nitrogens with zero attached hydrogens (tertiary/aromatic N) is 1. The molecule has 0 heterocycles. The van der Waals surface area contributed by atoms with Crippen LogP contribution in [0.4, 0.5) is 0 Å². The number of sulfonamides is 1. The van der Waals surface area contributed by atoms with E-state index in [4.69, 9.17) is 10.9 Å². The summed E-state index contributed by atoms with van der Waals surface area (Å²) in [6, 6.07) is 0. The Kier molecular flexibility index (Phi) is 7.90. The topological polar surface area (TPSA) is 105 Å². The smallest absolute Gasteiger partial charge is 0.211 e. The second-order valence-electron chi connectivity index (χ2n) is 4.44. The normalized spacial score (nSPS) is 13.2. The molecule has 0 fully saturated rings. The molecule has 0 saturated heterocycles. The van der Waals surface area contributed by atoms with Crippen molar-refractivity contribution in [3.63, 3.8) is 0 Å². The van der Waals surface area contributed by atoms with Gasteiger partial charge < -0.3 is 10.9 Å². The maximum absolute atomic E-state index is 11.5. The van der Waals surface area contributed by atoms with Crippen LogP contribution in [0, 0.1) is 5.92 Å². The van der Waals surface area contributed by atoms with Crippen molar-refractivity contribution in [2.45, 2.75) is 39.5 Å². The monoisotopic (exact) mass is 265 g/mol. The third-order valence-corrected chi connectivity index (χ3v) is 3.69. The van der Waals surface area contributed by atoms with E-state index in [1.165, 1.54) is 0 Å². The number of hydrogen-bond donors (Lipinski definition) is 3. The Balaban J connectivity index is 3.66. The molecule has 0 saturated carbocycles. The molecule has 0 aliphatic heterocycles. The summed E-state index contributed by atoms with van der Waals surface area (Å²) in [4.78, 5) is 0. The Bertz CT molecular complexity index is 326. The molecule has 0 amide bonds. The van der Waals surface area contributed by atoms with Crippen LogP contribution in [0.3, 0.4) is 0 Å². The highest BCUT2D eigenvalue weighted by atomic mass is 32.2. The van der Waals surface area contributed by atoms with E-state index in [1.807, 2.05) is 13.8 Å². The summed E-state index contributed by atoms with van der Waals surface area (Å²) in [5, 5.41) is 11.1. The summed E-state index contributed by atoms with van der Waals surface area (Å²) in [7, 11) is -3.14. The minimum Gasteiger partial charge on any atom is -0.409 e. The lowest BCUT2D eigenvalue weighted by atomic mass is 10.2. The van der Waals surface area contributed by atoms with Crippen LogP contribution in [0.2, 0.25) is 0 Å². The molecule has 0 radical (unpaired) electrons. The summed E-state index contributed by atoms with van der Waals surface area (Å²) in [6.07, 6.45) is 2.52.